The van der Waals surface area contributed by atoms with Crippen LogP contribution in [0.25, 0.3) is 11.3 Å². The summed E-state index contributed by atoms with van der Waals surface area (Å²) in [6.45, 7) is 2.35. The summed E-state index contributed by atoms with van der Waals surface area (Å²) in [7, 11) is 0. The summed E-state index contributed by atoms with van der Waals surface area (Å²) in [5.74, 6) is 0.600. The van der Waals surface area contributed by atoms with Gasteiger partial charge in [-0.05, 0) is 55.6 Å². The van der Waals surface area contributed by atoms with Gasteiger partial charge in [0.25, 0.3) is 0 Å². The number of hydrogen-bond acceptors (Lipinski definition) is 3. The fourth-order valence-corrected chi connectivity index (χ4v) is 6.35. The highest BCUT2D eigenvalue weighted by Gasteiger charge is 2.37. The Labute approximate surface area is 235 Å². The maximum absolute atomic E-state index is 13.7. The molecule has 3 amide bonds. The summed E-state index contributed by atoms with van der Waals surface area (Å²) < 4.78 is 1.78. The van der Waals surface area contributed by atoms with Crippen molar-refractivity contribution in [2.24, 2.45) is 11.8 Å². The van der Waals surface area contributed by atoms with Gasteiger partial charge in [-0.25, -0.2) is 9.59 Å². The molecule has 2 saturated heterocycles. The highest BCUT2D eigenvalue weighted by molar-refractivity contribution is 5.81. The van der Waals surface area contributed by atoms with E-state index in [1.54, 1.807) is 4.57 Å². The van der Waals surface area contributed by atoms with Crippen LogP contribution in [0.5, 0.6) is 0 Å². The molecule has 2 atom stereocenters. The van der Waals surface area contributed by atoms with Crippen LogP contribution >= 0.6 is 0 Å². The number of amides is 3. The fraction of sp³-hybridized carbons (Fsp3) is 0.469. The Bertz CT molecular complexity index is 1360. The normalized spacial score (nSPS) is 22.2. The maximum Gasteiger partial charge on any atom is 0.326 e. The molecule has 0 radical (unpaired) electrons. The van der Waals surface area contributed by atoms with E-state index in [0.717, 1.165) is 49.9 Å². The van der Waals surface area contributed by atoms with Gasteiger partial charge in [0.05, 0.1) is 17.7 Å². The number of nitrogens with zero attached hydrogens (tertiary/aromatic N) is 3. The van der Waals surface area contributed by atoms with Crippen molar-refractivity contribution in [3.8, 4) is 11.3 Å². The van der Waals surface area contributed by atoms with Crippen LogP contribution < -0.4 is 11.0 Å². The summed E-state index contributed by atoms with van der Waals surface area (Å²) in [5, 5.41) is 3.08. The highest BCUT2D eigenvalue weighted by atomic mass is 16.2. The van der Waals surface area contributed by atoms with E-state index in [9.17, 15) is 14.4 Å². The van der Waals surface area contributed by atoms with E-state index in [0.29, 0.717) is 25.6 Å². The molecule has 0 unspecified atom stereocenters. The van der Waals surface area contributed by atoms with Crippen LogP contribution in [0.1, 0.15) is 62.6 Å². The van der Waals surface area contributed by atoms with E-state index in [1.807, 2.05) is 47.5 Å². The number of urea groups is 1. The Balaban J connectivity index is 1.04. The number of rotatable bonds is 7. The molecule has 0 spiro atoms. The molecular formula is C32H39N5O3. The molecule has 8 nitrogen and oxygen atoms in total. The minimum atomic E-state index is -0.191. The Kier molecular flexibility index (Phi) is 7.75. The topological polar surface area (TPSA) is 90.4 Å². The monoisotopic (exact) mass is 541 g/mol. The highest BCUT2D eigenvalue weighted by Crippen LogP contribution is 2.38. The van der Waals surface area contributed by atoms with Gasteiger partial charge in [0.1, 0.15) is 0 Å². The number of aromatic nitrogens is 2. The lowest BCUT2D eigenvalue weighted by Gasteiger charge is -2.34. The van der Waals surface area contributed by atoms with E-state index < -0.39 is 0 Å². The molecule has 3 aromatic rings. The molecular weight excluding hydrogens is 502 g/mol. The summed E-state index contributed by atoms with van der Waals surface area (Å²) in [5.41, 5.74) is 2.89. The first-order valence-electron chi connectivity index (χ1n) is 14.8. The van der Waals surface area contributed by atoms with E-state index in [1.165, 1.54) is 18.4 Å². The predicted molar refractivity (Wildman–Crippen MR) is 155 cm³/mol. The van der Waals surface area contributed by atoms with Gasteiger partial charge in [-0.3, -0.25) is 9.36 Å². The van der Waals surface area contributed by atoms with Crippen LogP contribution in [0, 0.1) is 11.8 Å². The molecule has 2 aliphatic heterocycles. The molecule has 1 aromatic heterocycles. The van der Waals surface area contributed by atoms with Gasteiger partial charge in [-0.2, -0.15) is 0 Å². The first-order chi connectivity index (χ1) is 19.6. The van der Waals surface area contributed by atoms with Gasteiger partial charge in [-0.1, -0.05) is 67.1 Å². The van der Waals surface area contributed by atoms with Crippen molar-refractivity contribution in [1.29, 1.82) is 0 Å². The largest absolute Gasteiger partial charge is 0.337 e. The van der Waals surface area contributed by atoms with Crippen molar-refractivity contribution >= 4 is 11.9 Å². The zero-order chi connectivity index (χ0) is 27.5. The van der Waals surface area contributed by atoms with Crippen LogP contribution in [0.15, 0.2) is 71.7 Å². The van der Waals surface area contributed by atoms with Crippen LogP contribution in [0.3, 0.4) is 0 Å². The summed E-state index contributed by atoms with van der Waals surface area (Å²) in [4.78, 5) is 46.4. The summed E-state index contributed by atoms with van der Waals surface area (Å²) in [6.07, 6.45) is 8.46. The molecule has 0 bridgehead atoms. The Hall–Kier alpha value is -3.81. The molecule has 40 heavy (non-hydrogen) atoms. The third-order valence-electron chi connectivity index (χ3n) is 8.85. The molecule has 3 fully saturated rings. The van der Waals surface area contributed by atoms with Crippen molar-refractivity contribution < 1.29 is 9.59 Å². The Morgan fingerprint density at radius 3 is 2.27 bits per heavy atom. The molecule has 3 heterocycles. The smallest absolute Gasteiger partial charge is 0.326 e. The first kappa shape index (κ1) is 26.4. The van der Waals surface area contributed by atoms with Gasteiger partial charge >= 0.3 is 11.7 Å². The van der Waals surface area contributed by atoms with Crippen LogP contribution in [-0.2, 0) is 4.79 Å². The first-order valence-corrected chi connectivity index (χ1v) is 14.8. The number of likely N-dealkylation sites (tertiary alicyclic amines) is 2. The van der Waals surface area contributed by atoms with Crippen molar-refractivity contribution in [2.75, 3.05) is 26.2 Å². The SMILES string of the molecule is O=C(NC[C@H]1CCC[C@@H](c2ccccc2)N(CC2CC2)C1=O)N1CCC(n2cc(-c3ccccc3)[nH]c2=O)CC1. The zero-order valence-electron chi connectivity index (χ0n) is 23.0. The lowest BCUT2D eigenvalue weighted by atomic mass is 10.00. The second kappa shape index (κ2) is 11.7. The Morgan fingerprint density at radius 2 is 1.57 bits per heavy atom. The maximum atomic E-state index is 13.7. The molecule has 2 N–H and O–H groups in total. The van der Waals surface area contributed by atoms with Gasteiger partial charge < -0.3 is 20.1 Å². The molecule has 2 aromatic carbocycles. The van der Waals surface area contributed by atoms with Gasteiger partial charge in [0.15, 0.2) is 0 Å². The number of nitrogens with one attached hydrogen (secondary N) is 2. The minimum absolute atomic E-state index is 0.0552. The molecule has 8 heteroatoms. The molecule has 210 valence electrons. The number of benzene rings is 2. The van der Waals surface area contributed by atoms with E-state index in [2.05, 4.69) is 39.5 Å². The quantitative estimate of drug-likeness (QED) is 0.443. The molecule has 3 aliphatic rings. The Morgan fingerprint density at radius 1 is 0.875 bits per heavy atom. The van der Waals surface area contributed by atoms with Crippen molar-refractivity contribution in [3.63, 3.8) is 0 Å². The standard InChI is InChI=1S/C32H39N5O3/c38-30-26(12-7-13-29(25-10-5-2-6-11-25)37(30)21-23-14-15-23)20-33-31(39)35-18-16-27(17-19-35)36-22-28(34-32(36)40)24-8-3-1-4-9-24/h1-6,8-11,22-23,26-27,29H,7,12-21H2,(H,33,39)(H,34,40)/t26-,29+/m1/s1. The lowest BCUT2D eigenvalue weighted by molar-refractivity contribution is -0.137. The average Bonchev–Trinajstić information content (AvgIpc) is 3.76. The number of piperidine rings is 1. The van der Waals surface area contributed by atoms with Gasteiger partial charge in [0.2, 0.25) is 5.91 Å². The molecule has 1 saturated carbocycles. The van der Waals surface area contributed by atoms with Gasteiger partial charge in [-0.15, -0.1) is 0 Å². The van der Waals surface area contributed by atoms with Crippen molar-refractivity contribution in [1.82, 2.24) is 24.7 Å². The second-order valence-corrected chi connectivity index (χ2v) is 11.6. The van der Waals surface area contributed by atoms with E-state index >= 15 is 0 Å². The second-order valence-electron chi connectivity index (χ2n) is 11.6. The van der Waals surface area contributed by atoms with Crippen LogP contribution in [0.4, 0.5) is 4.79 Å². The predicted octanol–water partition coefficient (Wildman–Crippen LogP) is 4.97. The fourth-order valence-electron chi connectivity index (χ4n) is 6.35. The number of carbonyl (C=O) groups is 2. The van der Waals surface area contributed by atoms with Crippen molar-refractivity contribution in [3.05, 3.63) is 82.9 Å². The number of aromatic amines is 1. The number of hydrogen-bond donors (Lipinski definition) is 2. The third kappa shape index (κ3) is 5.86. The average molecular weight is 542 g/mol. The number of imidazole rings is 1. The van der Waals surface area contributed by atoms with E-state index in [4.69, 9.17) is 0 Å². The summed E-state index contributed by atoms with van der Waals surface area (Å²) in [6, 6.07) is 20.3. The molecule has 6 rings (SSSR count). The van der Waals surface area contributed by atoms with Crippen molar-refractivity contribution in [2.45, 2.75) is 57.0 Å². The lowest BCUT2D eigenvalue weighted by Crippen LogP contribution is -2.48. The third-order valence-corrected chi connectivity index (χ3v) is 8.85. The zero-order valence-corrected chi connectivity index (χ0v) is 23.0. The van der Waals surface area contributed by atoms with Gasteiger partial charge in [0, 0.05) is 38.4 Å². The van der Waals surface area contributed by atoms with Crippen LogP contribution in [-0.4, -0.2) is 57.5 Å². The van der Waals surface area contributed by atoms with Crippen LogP contribution in [0.2, 0.25) is 0 Å². The number of H-pyrrole nitrogens is 1. The van der Waals surface area contributed by atoms with E-state index in [-0.39, 0.29) is 35.6 Å². The summed E-state index contributed by atoms with van der Waals surface area (Å²) >= 11 is 0. The minimum Gasteiger partial charge on any atom is -0.337 e. The number of carbonyl (C=O) groups excluding carboxylic acids is 2. The molecule has 1 aliphatic carbocycles.